The lowest BCUT2D eigenvalue weighted by Gasteiger charge is -1.89. The molecule has 0 saturated carbocycles. The molecule has 0 fully saturated rings. The summed E-state index contributed by atoms with van der Waals surface area (Å²) in [6.45, 7) is 0.252. The van der Waals surface area contributed by atoms with E-state index in [2.05, 4.69) is 0 Å². The van der Waals surface area contributed by atoms with Crippen LogP contribution in [-0.2, 0) is 15.9 Å². The van der Waals surface area contributed by atoms with Gasteiger partial charge in [0, 0.05) is 10.3 Å². The van der Waals surface area contributed by atoms with Gasteiger partial charge in [-0.1, -0.05) is 0 Å². The van der Waals surface area contributed by atoms with Crippen LogP contribution in [0.1, 0.15) is 0 Å². The molecule has 1 aliphatic rings. The summed E-state index contributed by atoms with van der Waals surface area (Å²) in [7, 11) is 0. The van der Waals surface area contributed by atoms with Crippen molar-refractivity contribution >= 4 is 11.7 Å². The summed E-state index contributed by atoms with van der Waals surface area (Å²) in [5, 5.41) is 0. The summed E-state index contributed by atoms with van der Waals surface area (Å²) < 4.78 is 20.5. The fourth-order valence-electron chi connectivity index (χ4n) is 0.929. The van der Waals surface area contributed by atoms with Crippen molar-refractivity contribution in [3.8, 4) is 11.5 Å². The molecule has 0 aliphatic carbocycles. The van der Waals surface area contributed by atoms with Gasteiger partial charge in [-0.2, -0.15) is 0 Å². The molecule has 1 aromatic carbocycles. The van der Waals surface area contributed by atoms with Crippen molar-refractivity contribution in [1.82, 2.24) is 0 Å². The maximum Gasteiger partial charge on any atom is 0.505 e. The molecule has 0 N–H and O–H groups in total. The Bertz CT molecular complexity index is 298. The molecule has 0 radical (unpaired) electrons. The van der Waals surface area contributed by atoms with Crippen molar-refractivity contribution in [3.63, 3.8) is 0 Å². The summed E-state index contributed by atoms with van der Waals surface area (Å²) in [5.74, 6) is 1.37. The van der Waals surface area contributed by atoms with Crippen molar-refractivity contribution in [1.29, 1.82) is 0 Å². The Morgan fingerprint density at radius 1 is 1.27 bits per heavy atom. The van der Waals surface area contributed by atoms with Crippen LogP contribution in [0.3, 0.4) is 0 Å². The Morgan fingerprint density at radius 2 is 2.09 bits per heavy atom. The van der Waals surface area contributed by atoms with Crippen LogP contribution in [0, 0.1) is 0 Å². The minimum atomic E-state index is 0.252. The number of hydrogen-bond acceptors (Lipinski definition) is 3. The molecule has 0 saturated heterocycles. The van der Waals surface area contributed by atoms with Crippen molar-refractivity contribution in [2.45, 2.75) is 4.90 Å². The van der Waals surface area contributed by atoms with Crippen LogP contribution in [0.15, 0.2) is 23.1 Å². The molecule has 11 heavy (non-hydrogen) atoms. The van der Waals surface area contributed by atoms with Gasteiger partial charge in [-0.3, -0.25) is 0 Å². The summed E-state index contributed by atoms with van der Waals surface area (Å²) in [6, 6.07) is 5.13. The molecule has 1 aliphatic heterocycles. The molecule has 1 heterocycles. The molecule has 0 unspecified atom stereocenters. The topological polar surface area (TPSA) is 35.5 Å². The Labute approximate surface area is 67.4 Å². The number of fused-ring (bicyclic) bond motifs is 1. The zero-order chi connectivity index (χ0) is 7.68. The van der Waals surface area contributed by atoms with Gasteiger partial charge >= 0.3 is 11.7 Å². The summed E-state index contributed by atoms with van der Waals surface area (Å²) in [4.78, 5) is 0.647. The lowest BCUT2D eigenvalue weighted by Crippen LogP contribution is -1.92. The van der Waals surface area contributed by atoms with Crippen LogP contribution < -0.4 is 9.47 Å². The fraction of sp³-hybridized carbons (Fsp3) is 0.143. The third-order valence-corrected chi connectivity index (χ3v) is 1.89. The van der Waals surface area contributed by atoms with Gasteiger partial charge in [0.2, 0.25) is 6.79 Å². The number of benzene rings is 1. The molecule has 3 nitrogen and oxygen atoms in total. The lowest BCUT2D eigenvalue weighted by atomic mass is 10.3. The first-order chi connectivity index (χ1) is 5.40. The van der Waals surface area contributed by atoms with E-state index in [-0.39, 0.29) is 6.79 Å². The van der Waals surface area contributed by atoms with Crippen molar-refractivity contribution < 1.29 is 13.7 Å². The minimum Gasteiger partial charge on any atom is -0.454 e. The van der Waals surface area contributed by atoms with Crippen LogP contribution in [-0.4, -0.2) is 6.79 Å². The van der Waals surface area contributed by atoms with Crippen molar-refractivity contribution in [2.75, 3.05) is 6.79 Å². The van der Waals surface area contributed by atoms with Gasteiger partial charge in [-0.05, 0) is 6.07 Å². The van der Waals surface area contributed by atoms with Crippen LogP contribution in [0.2, 0.25) is 0 Å². The largest absolute Gasteiger partial charge is 0.505 e. The zero-order valence-corrected chi connectivity index (χ0v) is 6.39. The van der Waals surface area contributed by atoms with E-state index in [1.807, 2.05) is 0 Å². The van der Waals surface area contributed by atoms with Gasteiger partial charge in [0.25, 0.3) is 4.90 Å². The van der Waals surface area contributed by atoms with Crippen molar-refractivity contribution in [2.24, 2.45) is 0 Å². The zero-order valence-electron chi connectivity index (χ0n) is 5.57. The van der Waals surface area contributed by atoms with Crippen LogP contribution in [0.5, 0.6) is 11.5 Å². The Balaban J connectivity index is 2.48. The van der Waals surface area contributed by atoms with Crippen LogP contribution in [0.4, 0.5) is 0 Å². The van der Waals surface area contributed by atoms with E-state index in [1.165, 1.54) is 0 Å². The predicted molar refractivity (Wildman–Crippen MR) is 38.9 cm³/mol. The van der Waals surface area contributed by atoms with Crippen LogP contribution >= 0.6 is 0 Å². The second-order valence-corrected chi connectivity index (χ2v) is 2.74. The third kappa shape index (κ3) is 1.05. The highest BCUT2D eigenvalue weighted by molar-refractivity contribution is 7.65. The number of ether oxygens (including phenoxy) is 2. The average molecular weight is 169 g/mol. The SMILES string of the molecule is O=[S+]c1ccc2c(c1)OCO2. The maximum atomic E-state index is 10.4. The monoisotopic (exact) mass is 169 g/mol. The second kappa shape index (κ2) is 2.47. The molecule has 0 amide bonds. The first kappa shape index (κ1) is 6.54. The van der Waals surface area contributed by atoms with E-state index >= 15 is 0 Å². The fourth-order valence-corrected chi connectivity index (χ4v) is 1.21. The first-order valence-electron chi connectivity index (χ1n) is 3.09. The second-order valence-electron chi connectivity index (χ2n) is 2.10. The highest BCUT2D eigenvalue weighted by Crippen LogP contribution is 2.32. The molecule has 0 aromatic heterocycles. The van der Waals surface area contributed by atoms with Gasteiger partial charge in [-0.25, -0.2) is 0 Å². The molecular weight excluding hydrogens is 164 g/mol. The number of rotatable bonds is 1. The molecule has 4 heteroatoms. The lowest BCUT2D eigenvalue weighted by molar-refractivity contribution is 0.174. The van der Waals surface area contributed by atoms with Gasteiger partial charge in [0.1, 0.15) is 0 Å². The van der Waals surface area contributed by atoms with Gasteiger partial charge < -0.3 is 9.47 Å². The predicted octanol–water partition coefficient (Wildman–Crippen LogP) is 1.20. The average Bonchev–Trinajstić information content (AvgIpc) is 2.50. The third-order valence-electron chi connectivity index (χ3n) is 1.44. The van der Waals surface area contributed by atoms with E-state index in [1.54, 1.807) is 18.2 Å². The highest BCUT2D eigenvalue weighted by atomic mass is 32.1. The first-order valence-corrected chi connectivity index (χ1v) is 3.84. The maximum absolute atomic E-state index is 10.4. The summed E-state index contributed by atoms with van der Waals surface area (Å²) >= 11 is 0.449. The summed E-state index contributed by atoms with van der Waals surface area (Å²) in [6.07, 6.45) is 0. The number of hydrogen-bond donors (Lipinski definition) is 0. The van der Waals surface area contributed by atoms with E-state index in [0.29, 0.717) is 28.1 Å². The standard InChI is InChI=1S/C7H5O3S/c8-11-5-1-2-6-7(3-5)10-4-9-6/h1-3H,4H2/q+1. The molecule has 1 aromatic rings. The quantitative estimate of drug-likeness (QED) is 0.592. The normalized spacial score (nSPS) is 13.1. The smallest absolute Gasteiger partial charge is 0.454 e. The van der Waals surface area contributed by atoms with Gasteiger partial charge in [0.15, 0.2) is 11.5 Å². The molecule has 2 rings (SSSR count). The van der Waals surface area contributed by atoms with Gasteiger partial charge in [0.05, 0.1) is 6.07 Å². The molecule has 0 atom stereocenters. The Kier molecular flexibility index (Phi) is 1.47. The molecule has 0 bridgehead atoms. The van der Waals surface area contributed by atoms with E-state index in [4.69, 9.17) is 9.47 Å². The Morgan fingerprint density at radius 3 is 2.91 bits per heavy atom. The van der Waals surface area contributed by atoms with Gasteiger partial charge in [-0.15, -0.1) is 0 Å². The van der Waals surface area contributed by atoms with E-state index < -0.39 is 0 Å². The highest BCUT2D eigenvalue weighted by Gasteiger charge is 2.17. The van der Waals surface area contributed by atoms with Crippen LogP contribution in [0.25, 0.3) is 0 Å². The summed E-state index contributed by atoms with van der Waals surface area (Å²) in [5.41, 5.74) is 0. The molecule has 0 spiro atoms. The molecular formula is C7H5O3S+. The Hall–Kier alpha value is -1.16. The van der Waals surface area contributed by atoms with E-state index in [9.17, 15) is 4.21 Å². The van der Waals surface area contributed by atoms with E-state index in [0.717, 1.165) is 0 Å². The molecule has 56 valence electrons. The van der Waals surface area contributed by atoms with Crippen molar-refractivity contribution in [3.05, 3.63) is 18.2 Å². The minimum absolute atomic E-state index is 0.252.